The number of unbranched alkanes of at least 4 members (excludes halogenated alkanes) is 8. The average molecular weight is 499 g/mol. The highest BCUT2D eigenvalue weighted by molar-refractivity contribution is 7.51. The van der Waals surface area contributed by atoms with E-state index in [0.29, 0.717) is 24.7 Å². The minimum Gasteiger partial charge on any atom is -0.491 e. The van der Waals surface area contributed by atoms with Crippen LogP contribution in [-0.2, 0) is 11.0 Å². The second-order valence-electron chi connectivity index (χ2n) is 10.3. The monoisotopic (exact) mass is 498 g/mol. The second kappa shape index (κ2) is 16.0. The molecular weight excluding hydrogens is 450 g/mol. The van der Waals surface area contributed by atoms with Crippen molar-refractivity contribution in [1.82, 2.24) is 0 Å². The molecule has 0 heterocycles. The van der Waals surface area contributed by atoms with Gasteiger partial charge in [0.1, 0.15) is 0 Å². The predicted molar refractivity (Wildman–Crippen MR) is 139 cm³/mol. The number of aryl methyl sites for hydroxylation is 1. The second-order valence-corrected chi connectivity index (χ2v) is 12.0. The first-order valence-electron chi connectivity index (χ1n) is 13.8. The number of hydrogen-bond donors (Lipinski definition) is 2. The van der Waals surface area contributed by atoms with Gasteiger partial charge in [0.05, 0.1) is 6.61 Å². The number of rotatable bonds is 17. The molecule has 0 bridgehead atoms. The first-order chi connectivity index (χ1) is 16.3. The molecule has 1 aliphatic rings. The van der Waals surface area contributed by atoms with Crippen molar-refractivity contribution in [3.05, 3.63) is 29.1 Å². The normalized spacial score (nSPS) is 18.9. The smallest absolute Gasteiger partial charge is 0.325 e. The van der Waals surface area contributed by atoms with Gasteiger partial charge in [-0.3, -0.25) is 4.57 Å². The van der Waals surface area contributed by atoms with Gasteiger partial charge < -0.3 is 14.5 Å². The fourth-order valence-electron chi connectivity index (χ4n) is 5.42. The molecule has 0 unspecified atom stereocenters. The van der Waals surface area contributed by atoms with Gasteiger partial charge in [-0.2, -0.15) is 0 Å². The summed E-state index contributed by atoms with van der Waals surface area (Å²) >= 11 is 0. The summed E-state index contributed by atoms with van der Waals surface area (Å²) in [6.45, 7) is 4.98. The Labute approximate surface area is 207 Å². The summed E-state index contributed by atoms with van der Waals surface area (Å²) in [5, 5.41) is 0. The van der Waals surface area contributed by atoms with Crippen LogP contribution in [0.1, 0.15) is 127 Å². The molecule has 0 saturated heterocycles. The fourth-order valence-corrected chi connectivity index (χ4v) is 6.05. The Morgan fingerprint density at radius 2 is 1.50 bits per heavy atom. The van der Waals surface area contributed by atoms with E-state index >= 15 is 0 Å². The molecule has 196 valence electrons. The first kappa shape index (κ1) is 29.3. The van der Waals surface area contributed by atoms with E-state index in [1.807, 2.05) is 6.07 Å². The number of ether oxygens (including phenoxy) is 1. The Morgan fingerprint density at radius 1 is 0.912 bits per heavy atom. The van der Waals surface area contributed by atoms with Gasteiger partial charge in [0.2, 0.25) is 0 Å². The van der Waals surface area contributed by atoms with Crippen molar-refractivity contribution in [2.24, 2.45) is 5.92 Å². The van der Waals surface area contributed by atoms with Crippen LogP contribution < -0.4 is 4.74 Å². The van der Waals surface area contributed by atoms with Crippen molar-refractivity contribution in [3.8, 4) is 5.75 Å². The molecule has 1 aromatic carbocycles. The summed E-state index contributed by atoms with van der Waals surface area (Å²) in [5.41, 5.74) is 2.46. The summed E-state index contributed by atoms with van der Waals surface area (Å²) in [5.74, 6) is 1.56. The lowest BCUT2D eigenvalue weighted by Crippen LogP contribution is -2.15. The van der Waals surface area contributed by atoms with Crippen molar-refractivity contribution in [2.45, 2.75) is 122 Å². The minimum atomic E-state index is -3.82. The zero-order valence-electron chi connectivity index (χ0n) is 21.6. The molecule has 1 fully saturated rings. The third kappa shape index (κ3) is 11.2. The molecule has 0 radical (unpaired) electrons. The van der Waals surface area contributed by atoms with Crippen LogP contribution in [0.3, 0.4) is 0 Å². The largest absolute Gasteiger partial charge is 0.491 e. The Morgan fingerprint density at radius 3 is 2.06 bits per heavy atom. The van der Waals surface area contributed by atoms with Gasteiger partial charge in [0.15, 0.2) is 11.6 Å². The standard InChI is InChI=1S/C28H48FO4P/c1-3-14-23-15-17-25(18-16-23)26-22-27(29)28(21-24(26)4-2)33-19-12-10-8-6-5-7-9-11-13-20-34(30,31)32/h21-23,25H,3-20H2,1-2H3,(H2,30,31,32). The topological polar surface area (TPSA) is 66.8 Å². The zero-order chi connectivity index (χ0) is 24.8. The van der Waals surface area contributed by atoms with Crippen LogP contribution in [0.4, 0.5) is 4.39 Å². The van der Waals surface area contributed by atoms with Crippen LogP contribution in [-0.4, -0.2) is 22.6 Å². The van der Waals surface area contributed by atoms with Crippen molar-refractivity contribution in [1.29, 1.82) is 0 Å². The van der Waals surface area contributed by atoms with E-state index in [2.05, 4.69) is 13.8 Å². The van der Waals surface area contributed by atoms with Gasteiger partial charge in [-0.05, 0) is 80.0 Å². The number of benzene rings is 1. The summed E-state index contributed by atoms with van der Waals surface area (Å²) < 4.78 is 31.5. The summed E-state index contributed by atoms with van der Waals surface area (Å²) in [4.78, 5) is 17.7. The lowest BCUT2D eigenvalue weighted by Gasteiger charge is -2.30. The van der Waals surface area contributed by atoms with Crippen LogP contribution >= 0.6 is 7.60 Å². The van der Waals surface area contributed by atoms with Crippen LogP contribution in [0.5, 0.6) is 5.75 Å². The third-order valence-electron chi connectivity index (χ3n) is 7.41. The van der Waals surface area contributed by atoms with Crippen LogP contribution in [0.15, 0.2) is 12.1 Å². The molecule has 34 heavy (non-hydrogen) atoms. The Bertz CT molecular complexity index is 740. The first-order valence-corrected chi connectivity index (χ1v) is 15.6. The van der Waals surface area contributed by atoms with Gasteiger partial charge in [-0.15, -0.1) is 0 Å². The summed E-state index contributed by atoms with van der Waals surface area (Å²) in [6.07, 6.45) is 17.6. The maximum absolute atomic E-state index is 14.8. The summed E-state index contributed by atoms with van der Waals surface area (Å²) in [7, 11) is -3.82. The molecule has 1 aliphatic carbocycles. The van der Waals surface area contributed by atoms with E-state index in [4.69, 9.17) is 14.5 Å². The third-order valence-corrected chi connectivity index (χ3v) is 8.31. The summed E-state index contributed by atoms with van der Waals surface area (Å²) in [6, 6.07) is 3.72. The van der Waals surface area contributed by atoms with Crippen molar-refractivity contribution >= 4 is 7.60 Å². The molecule has 2 rings (SSSR count). The molecule has 4 nitrogen and oxygen atoms in total. The SMILES string of the molecule is CCCC1CCC(c2cc(F)c(OCCCCCCCCCCCP(=O)(O)O)cc2CC)CC1. The maximum Gasteiger partial charge on any atom is 0.325 e. The van der Waals surface area contributed by atoms with Gasteiger partial charge in [-0.25, -0.2) is 4.39 Å². The van der Waals surface area contributed by atoms with Crippen molar-refractivity contribution < 1.29 is 23.5 Å². The van der Waals surface area contributed by atoms with Gasteiger partial charge >= 0.3 is 7.60 Å². The van der Waals surface area contributed by atoms with Gasteiger partial charge in [0.25, 0.3) is 0 Å². The molecule has 1 saturated carbocycles. The highest BCUT2D eigenvalue weighted by Crippen LogP contribution is 2.40. The lowest BCUT2D eigenvalue weighted by atomic mass is 9.76. The number of hydrogen-bond acceptors (Lipinski definition) is 2. The van der Waals surface area contributed by atoms with E-state index in [-0.39, 0.29) is 12.0 Å². The molecule has 6 heteroatoms. The predicted octanol–water partition coefficient (Wildman–Crippen LogP) is 8.53. The van der Waals surface area contributed by atoms with Gasteiger partial charge in [-0.1, -0.05) is 71.6 Å². The highest BCUT2D eigenvalue weighted by atomic mass is 31.2. The molecule has 2 N–H and O–H groups in total. The molecule has 0 atom stereocenters. The van der Waals surface area contributed by atoms with Crippen molar-refractivity contribution in [2.75, 3.05) is 12.8 Å². The van der Waals surface area contributed by atoms with Crippen LogP contribution in [0, 0.1) is 11.7 Å². The Balaban J connectivity index is 1.62. The van der Waals surface area contributed by atoms with Crippen LogP contribution in [0.25, 0.3) is 0 Å². The zero-order valence-corrected chi connectivity index (χ0v) is 22.5. The highest BCUT2D eigenvalue weighted by Gasteiger charge is 2.24. The maximum atomic E-state index is 14.8. The van der Waals surface area contributed by atoms with Gasteiger partial charge in [0, 0.05) is 6.16 Å². The van der Waals surface area contributed by atoms with E-state index in [1.54, 1.807) is 6.07 Å². The molecule has 0 amide bonds. The fraction of sp³-hybridized carbons (Fsp3) is 0.786. The Hall–Kier alpha value is -0.900. The number of halogens is 1. The van der Waals surface area contributed by atoms with E-state index < -0.39 is 7.60 Å². The van der Waals surface area contributed by atoms with E-state index in [1.165, 1.54) is 56.1 Å². The quantitative estimate of drug-likeness (QED) is 0.167. The molecule has 1 aromatic rings. The molecule has 0 aliphatic heterocycles. The molecular formula is C28H48FO4P. The van der Waals surface area contributed by atoms with Crippen molar-refractivity contribution in [3.63, 3.8) is 0 Å². The molecule has 0 aromatic heterocycles. The lowest BCUT2D eigenvalue weighted by molar-refractivity contribution is 0.287. The van der Waals surface area contributed by atoms with E-state index in [0.717, 1.165) is 57.3 Å². The minimum absolute atomic E-state index is 0.0100. The van der Waals surface area contributed by atoms with E-state index in [9.17, 15) is 8.96 Å². The average Bonchev–Trinajstić information content (AvgIpc) is 2.80. The Kier molecular flexibility index (Phi) is 13.8. The molecule has 0 spiro atoms. The van der Waals surface area contributed by atoms with Crippen LogP contribution in [0.2, 0.25) is 0 Å².